The molecular weight excluding hydrogens is 324 g/mol. The Morgan fingerprint density at radius 1 is 1.40 bits per heavy atom. The van der Waals surface area contributed by atoms with Crippen molar-refractivity contribution in [2.24, 2.45) is 10.9 Å². The van der Waals surface area contributed by atoms with Gasteiger partial charge >= 0.3 is 0 Å². The van der Waals surface area contributed by atoms with Crippen molar-refractivity contribution in [1.82, 2.24) is 10.3 Å². The second kappa shape index (κ2) is 6.21. The lowest BCUT2D eigenvalue weighted by atomic mass is 9.80. The molecule has 7 heteroatoms. The van der Waals surface area contributed by atoms with Gasteiger partial charge in [-0.05, 0) is 34.8 Å². The molecular formula is C13H17BrN4O2. The number of rotatable bonds is 3. The summed E-state index contributed by atoms with van der Waals surface area (Å²) in [6.07, 6.45) is 7.42. The van der Waals surface area contributed by atoms with Gasteiger partial charge in [0, 0.05) is 16.9 Å². The van der Waals surface area contributed by atoms with Crippen LogP contribution in [0.3, 0.4) is 0 Å². The molecule has 1 fully saturated rings. The third-order valence-electron chi connectivity index (χ3n) is 3.63. The van der Waals surface area contributed by atoms with Crippen LogP contribution < -0.4 is 11.1 Å². The van der Waals surface area contributed by atoms with E-state index in [4.69, 9.17) is 10.9 Å². The second-order valence-electron chi connectivity index (χ2n) is 4.97. The van der Waals surface area contributed by atoms with Crippen LogP contribution >= 0.6 is 15.9 Å². The molecule has 2 rings (SSSR count). The molecule has 1 heterocycles. The molecule has 1 aromatic heterocycles. The van der Waals surface area contributed by atoms with Gasteiger partial charge in [0.2, 0.25) is 0 Å². The number of nitrogens with one attached hydrogen (secondary N) is 1. The van der Waals surface area contributed by atoms with Crippen molar-refractivity contribution in [3.63, 3.8) is 0 Å². The van der Waals surface area contributed by atoms with E-state index in [9.17, 15) is 4.79 Å². The third kappa shape index (κ3) is 3.09. The predicted molar refractivity (Wildman–Crippen MR) is 78.6 cm³/mol. The number of aromatic nitrogens is 1. The zero-order valence-corrected chi connectivity index (χ0v) is 12.6. The highest BCUT2D eigenvalue weighted by atomic mass is 79.9. The molecule has 1 aromatic rings. The average molecular weight is 341 g/mol. The summed E-state index contributed by atoms with van der Waals surface area (Å²) in [7, 11) is 0. The van der Waals surface area contributed by atoms with Gasteiger partial charge in [-0.2, -0.15) is 0 Å². The molecule has 0 spiro atoms. The summed E-state index contributed by atoms with van der Waals surface area (Å²) in [6, 6.07) is 1.69. The summed E-state index contributed by atoms with van der Waals surface area (Å²) in [5, 5.41) is 15.0. The quantitative estimate of drug-likeness (QED) is 0.339. The molecule has 1 aliphatic rings. The predicted octanol–water partition coefficient (Wildman–Crippen LogP) is 2.02. The van der Waals surface area contributed by atoms with E-state index in [-0.39, 0.29) is 11.7 Å². The highest BCUT2D eigenvalue weighted by molar-refractivity contribution is 9.10. The van der Waals surface area contributed by atoms with Gasteiger partial charge in [0.05, 0.1) is 5.56 Å². The molecule has 0 radical (unpaired) electrons. The summed E-state index contributed by atoms with van der Waals surface area (Å²) in [4.78, 5) is 16.3. The van der Waals surface area contributed by atoms with E-state index in [1.807, 2.05) is 0 Å². The van der Waals surface area contributed by atoms with Crippen molar-refractivity contribution in [2.45, 2.75) is 37.6 Å². The smallest absolute Gasteiger partial charge is 0.253 e. The number of carbonyl (C=O) groups is 1. The highest BCUT2D eigenvalue weighted by Crippen LogP contribution is 2.29. The van der Waals surface area contributed by atoms with E-state index in [0.717, 1.165) is 23.7 Å². The van der Waals surface area contributed by atoms with Crippen molar-refractivity contribution in [3.8, 4) is 0 Å². The maximum Gasteiger partial charge on any atom is 0.253 e. The van der Waals surface area contributed by atoms with Gasteiger partial charge in [0.25, 0.3) is 5.91 Å². The van der Waals surface area contributed by atoms with Crippen LogP contribution in [0.1, 0.15) is 42.5 Å². The molecule has 1 amide bonds. The SMILES string of the molecule is N/C(=N/O)C1(NC(=O)c2cncc(Br)c2)CCCCC1. The lowest BCUT2D eigenvalue weighted by Crippen LogP contribution is -2.58. The van der Waals surface area contributed by atoms with E-state index in [0.29, 0.717) is 18.4 Å². The summed E-state index contributed by atoms with van der Waals surface area (Å²) in [6.45, 7) is 0. The molecule has 0 aliphatic heterocycles. The fourth-order valence-corrected chi connectivity index (χ4v) is 2.89. The Labute approximate surface area is 125 Å². The van der Waals surface area contributed by atoms with Gasteiger partial charge in [0.1, 0.15) is 5.54 Å². The van der Waals surface area contributed by atoms with Crippen LogP contribution in [0.4, 0.5) is 0 Å². The van der Waals surface area contributed by atoms with Crippen LogP contribution in [0.5, 0.6) is 0 Å². The molecule has 108 valence electrons. The minimum atomic E-state index is -0.758. The molecule has 0 aromatic carbocycles. The number of amides is 1. The number of amidine groups is 1. The maximum absolute atomic E-state index is 12.3. The third-order valence-corrected chi connectivity index (χ3v) is 4.06. The van der Waals surface area contributed by atoms with E-state index in [1.54, 1.807) is 12.3 Å². The van der Waals surface area contributed by atoms with Crippen molar-refractivity contribution >= 4 is 27.7 Å². The van der Waals surface area contributed by atoms with Crippen molar-refractivity contribution in [1.29, 1.82) is 0 Å². The van der Waals surface area contributed by atoms with E-state index < -0.39 is 5.54 Å². The number of hydrogen-bond acceptors (Lipinski definition) is 4. The average Bonchev–Trinajstić information content (AvgIpc) is 2.47. The number of pyridine rings is 1. The fraction of sp³-hybridized carbons (Fsp3) is 0.462. The van der Waals surface area contributed by atoms with E-state index in [1.165, 1.54) is 6.20 Å². The number of hydrogen-bond donors (Lipinski definition) is 3. The standard InChI is InChI=1S/C13H17BrN4O2/c14-10-6-9(7-16-8-10)11(19)17-13(12(15)18-20)4-2-1-3-5-13/h6-8,20H,1-5H2,(H2,15,18)(H,17,19). The fourth-order valence-electron chi connectivity index (χ4n) is 2.52. The van der Waals surface area contributed by atoms with Crippen molar-refractivity contribution in [3.05, 3.63) is 28.5 Å². The molecule has 1 saturated carbocycles. The lowest BCUT2D eigenvalue weighted by molar-refractivity contribution is 0.0905. The van der Waals surface area contributed by atoms with E-state index >= 15 is 0 Å². The first-order valence-electron chi connectivity index (χ1n) is 6.48. The Morgan fingerprint density at radius 2 is 2.10 bits per heavy atom. The van der Waals surface area contributed by atoms with Crippen LogP contribution in [0, 0.1) is 0 Å². The minimum absolute atomic E-state index is 0.0634. The lowest BCUT2D eigenvalue weighted by Gasteiger charge is -2.36. The van der Waals surface area contributed by atoms with Crippen molar-refractivity contribution in [2.75, 3.05) is 0 Å². The van der Waals surface area contributed by atoms with Crippen LogP contribution in [-0.2, 0) is 0 Å². The molecule has 0 saturated heterocycles. The zero-order valence-electron chi connectivity index (χ0n) is 11.0. The first-order chi connectivity index (χ1) is 9.57. The first-order valence-corrected chi connectivity index (χ1v) is 7.28. The number of halogens is 1. The van der Waals surface area contributed by atoms with Gasteiger partial charge in [0.15, 0.2) is 5.84 Å². The van der Waals surface area contributed by atoms with Crippen LogP contribution in [0.2, 0.25) is 0 Å². The van der Waals surface area contributed by atoms with Crippen LogP contribution in [0.15, 0.2) is 28.1 Å². The summed E-state index contributed by atoms with van der Waals surface area (Å²) < 4.78 is 0.728. The maximum atomic E-state index is 12.3. The molecule has 0 atom stereocenters. The first kappa shape index (κ1) is 14.8. The Kier molecular flexibility index (Phi) is 4.59. The Hall–Kier alpha value is -1.63. The zero-order chi connectivity index (χ0) is 14.6. The normalized spacial score (nSPS) is 18.6. The molecule has 0 bridgehead atoms. The molecule has 4 N–H and O–H groups in total. The number of nitrogens with zero attached hydrogens (tertiary/aromatic N) is 2. The van der Waals surface area contributed by atoms with Gasteiger partial charge in [-0.15, -0.1) is 0 Å². The number of oxime groups is 1. The Morgan fingerprint density at radius 3 is 2.70 bits per heavy atom. The molecule has 1 aliphatic carbocycles. The second-order valence-corrected chi connectivity index (χ2v) is 5.89. The van der Waals surface area contributed by atoms with Crippen molar-refractivity contribution < 1.29 is 10.0 Å². The molecule has 0 unspecified atom stereocenters. The number of carbonyl (C=O) groups excluding carboxylic acids is 1. The Bertz CT molecular complexity index is 527. The largest absolute Gasteiger partial charge is 0.409 e. The molecule has 6 nitrogen and oxygen atoms in total. The van der Waals surface area contributed by atoms with Gasteiger partial charge in [-0.3, -0.25) is 9.78 Å². The van der Waals surface area contributed by atoms with Gasteiger partial charge in [-0.1, -0.05) is 24.4 Å². The summed E-state index contributed by atoms with van der Waals surface area (Å²) >= 11 is 3.28. The number of nitrogens with two attached hydrogens (primary N) is 1. The summed E-state index contributed by atoms with van der Waals surface area (Å²) in [5.74, 6) is -0.208. The van der Waals surface area contributed by atoms with Crippen LogP contribution in [-0.4, -0.2) is 27.5 Å². The highest BCUT2D eigenvalue weighted by Gasteiger charge is 2.38. The monoisotopic (exact) mass is 340 g/mol. The van der Waals surface area contributed by atoms with E-state index in [2.05, 4.69) is 31.4 Å². The summed E-state index contributed by atoms with van der Waals surface area (Å²) in [5.41, 5.74) is 5.48. The molecule has 20 heavy (non-hydrogen) atoms. The Balaban J connectivity index is 2.22. The van der Waals surface area contributed by atoms with Gasteiger partial charge < -0.3 is 16.3 Å². The minimum Gasteiger partial charge on any atom is -0.409 e. The topological polar surface area (TPSA) is 101 Å². The van der Waals surface area contributed by atoms with Gasteiger partial charge in [-0.25, -0.2) is 0 Å². The van der Waals surface area contributed by atoms with Crippen LogP contribution in [0.25, 0.3) is 0 Å².